The maximum Gasteiger partial charge on any atom is 0.165 e. The monoisotopic (exact) mass is 355 g/mol. The third-order valence-corrected chi connectivity index (χ3v) is 5.27. The predicted molar refractivity (Wildman–Crippen MR) is 97.4 cm³/mol. The third-order valence-electron chi connectivity index (χ3n) is 4.35. The van der Waals surface area contributed by atoms with Crippen LogP contribution >= 0.6 is 11.3 Å². The molecule has 2 aromatic carbocycles. The van der Waals surface area contributed by atoms with Crippen LogP contribution in [-0.2, 0) is 13.1 Å². The van der Waals surface area contributed by atoms with Crippen molar-refractivity contribution in [2.24, 2.45) is 0 Å². The zero-order valence-electron chi connectivity index (χ0n) is 13.6. The van der Waals surface area contributed by atoms with Gasteiger partial charge in [0.2, 0.25) is 0 Å². The van der Waals surface area contributed by atoms with Gasteiger partial charge in [-0.2, -0.15) is 0 Å². The van der Waals surface area contributed by atoms with E-state index < -0.39 is 0 Å². The quantitative estimate of drug-likeness (QED) is 0.742. The predicted octanol–water partition coefficient (Wildman–Crippen LogP) is 4.65. The summed E-state index contributed by atoms with van der Waals surface area (Å²) in [6, 6.07) is 14.7. The summed E-state index contributed by atoms with van der Waals surface area (Å²) < 4.78 is 19.7. The van der Waals surface area contributed by atoms with E-state index in [-0.39, 0.29) is 11.6 Å². The highest BCUT2D eigenvalue weighted by Crippen LogP contribution is 2.38. The van der Waals surface area contributed by atoms with E-state index in [9.17, 15) is 9.50 Å². The van der Waals surface area contributed by atoms with Crippen molar-refractivity contribution in [1.29, 1.82) is 0 Å². The topological polar surface area (TPSA) is 32.7 Å². The van der Waals surface area contributed by atoms with Gasteiger partial charge in [0, 0.05) is 35.6 Å². The molecule has 5 heteroatoms. The van der Waals surface area contributed by atoms with Crippen molar-refractivity contribution in [3.8, 4) is 21.9 Å². The number of phenolic OH excluding ortho intramolecular Hbond substituents is 1. The Balaban J connectivity index is 1.64. The first-order valence-electron chi connectivity index (χ1n) is 8.19. The minimum atomic E-state index is -0.192. The van der Waals surface area contributed by atoms with Gasteiger partial charge in [-0.1, -0.05) is 24.3 Å². The molecule has 25 heavy (non-hydrogen) atoms. The van der Waals surface area contributed by atoms with Gasteiger partial charge in [0.05, 0.1) is 0 Å². The summed E-state index contributed by atoms with van der Waals surface area (Å²) in [5.41, 5.74) is 2.57. The summed E-state index contributed by atoms with van der Waals surface area (Å²) in [4.78, 5) is 3.24. The standard InChI is InChI=1S/C20H18FNO2S/c21-17-5-2-1-4-14(17)12-22-7-8-24-20-16(13-22)10-15(11-18(20)23)19-6-3-9-25-19/h1-6,9-11,23H,7-8,12-13H2. The molecule has 0 amide bonds. The Labute approximate surface area is 149 Å². The summed E-state index contributed by atoms with van der Waals surface area (Å²) >= 11 is 1.63. The van der Waals surface area contributed by atoms with Gasteiger partial charge in [-0.25, -0.2) is 4.39 Å². The largest absolute Gasteiger partial charge is 0.504 e. The zero-order chi connectivity index (χ0) is 17.2. The minimum Gasteiger partial charge on any atom is -0.504 e. The van der Waals surface area contributed by atoms with Crippen LogP contribution in [0.4, 0.5) is 4.39 Å². The molecule has 128 valence electrons. The number of rotatable bonds is 3. The van der Waals surface area contributed by atoms with Crippen LogP contribution in [0.25, 0.3) is 10.4 Å². The molecular weight excluding hydrogens is 337 g/mol. The zero-order valence-corrected chi connectivity index (χ0v) is 14.4. The van der Waals surface area contributed by atoms with Crippen molar-refractivity contribution < 1.29 is 14.2 Å². The molecule has 1 aromatic heterocycles. The van der Waals surface area contributed by atoms with Crippen LogP contribution in [0, 0.1) is 5.82 Å². The van der Waals surface area contributed by atoms with Crippen molar-refractivity contribution >= 4 is 11.3 Å². The highest BCUT2D eigenvalue weighted by Gasteiger charge is 2.20. The highest BCUT2D eigenvalue weighted by molar-refractivity contribution is 7.13. The number of hydrogen-bond acceptors (Lipinski definition) is 4. The van der Waals surface area contributed by atoms with E-state index >= 15 is 0 Å². The fourth-order valence-electron chi connectivity index (χ4n) is 3.14. The number of aromatic hydroxyl groups is 1. The first-order chi connectivity index (χ1) is 12.2. The van der Waals surface area contributed by atoms with E-state index in [4.69, 9.17) is 4.74 Å². The average Bonchev–Trinajstić information content (AvgIpc) is 3.05. The van der Waals surface area contributed by atoms with Gasteiger partial charge in [0.25, 0.3) is 0 Å². The van der Waals surface area contributed by atoms with Crippen molar-refractivity contribution in [1.82, 2.24) is 4.90 Å². The van der Waals surface area contributed by atoms with Crippen LogP contribution in [-0.4, -0.2) is 23.2 Å². The number of hydrogen-bond donors (Lipinski definition) is 1. The van der Waals surface area contributed by atoms with E-state index in [0.29, 0.717) is 37.6 Å². The molecule has 2 heterocycles. The van der Waals surface area contributed by atoms with Crippen LogP contribution in [0.3, 0.4) is 0 Å². The number of fused-ring (bicyclic) bond motifs is 1. The van der Waals surface area contributed by atoms with Crippen molar-refractivity contribution in [3.05, 3.63) is 70.9 Å². The Morgan fingerprint density at radius 1 is 1.16 bits per heavy atom. The smallest absolute Gasteiger partial charge is 0.165 e. The number of nitrogens with zero attached hydrogens (tertiary/aromatic N) is 1. The SMILES string of the molecule is Oc1cc(-c2cccs2)cc2c1OCCN(Cc1ccccc1F)C2. The molecule has 1 aliphatic rings. The molecule has 0 aliphatic carbocycles. The average molecular weight is 355 g/mol. The van der Waals surface area contributed by atoms with Crippen LogP contribution in [0.2, 0.25) is 0 Å². The van der Waals surface area contributed by atoms with Crippen molar-refractivity contribution in [3.63, 3.8) is 0 Å². The van der Waals surface area contributed by atoms with Crippen LogP contribution in [0.15, 0.2) is 53.9 Å². The molecule has 3 nitrogen and oxygen atoms in total. The maximum absolute atomic E-state index is 14.0. The molecule has 1 N–H and O–H groups in total. The van der Waals surface area contributed by atoms with Gasteiger partial charge < -0.3 is 9.84 Å². The highest BCUT2D eigenvalue weighted by atomic mass is 32.1. The normalized spacial score (nSPS) is 14.6. The number of phenols is 1. The second-order valence-corrected chi connectivity index (χ2v) is 7.06. The second kappa shape index (κ2) is 6.86. The molecule has 0 saturated carbocycles. The lowest BCUT2D eigenvalue weighted by molar-refractivity contribution is 0.215. The molecule has 0 unspecified atom stereocenters. The van der Waals surface area contributed by atoms with E-state index in [1.165, 1.54) is 6.07 Å². The molecular formula is C20H18FNO2S. The summed E-state index contributed by atoms with van der Waals surface area (Å²) in [7, 11) is 0. The van der Waals surface area contributed by atoms with Gasteiger partial charge in [-0.15, -0.1) is 11.3 Å². The lowest BCUT2D eigenvalue weighted by atomic mass is 10.1. The summed E-state index contributed by atoms with van der Waals surface area (Å²) in [5, 5.41) is 12.4. The number of benzene rings is 2. The van der Waals surface area contributed by atoms with Crippen LogP contribution in [0.5, 0.6) is 11.5 Å². The van der Waals surface area contributed by atoms with Gasteiger partial charge in [-0.05, 0) is 35.2 Å². The Morgan fingerprint density at radius 3 is 2.84 bits per heavy atom. The molecule has 0 saturated heterocycles. The molecule has 0 atom stereocenters. The van der Waals surface area contributed by atoms with Crippen molar-refractivity contribution in [2.75, 3.05) is 13.2 Å². The molecule has 1 aliphatic heterocycles. The molecule has 4 rings (SSSR count). The number of ether oxygens (including phenoxy) is 1. The third kappa shape index (κ3) is 3.38. The molecule has 3 aromatic rings. The van der Waals surface area contributed by atoms with E-state index in [2.05, 4.69) is 11.0 Å². The van der Waals surface area contributed by atoms with Crippen molar-refractivity contribution in [2.45, 2.75) is 13.1 Å². The first-order valence-corrected chi connectivity index (χ1v) is 9.07. The van der Waals surface area contributed by atoms with Gasteiger partial charge in [0.15, 0.2) is 11.5 Å². The maximum atomic E-state index is 14.0. The van der Waals surface area contributed by atoms with Gasteiger partial charge in [-0.3, -0.25) is 4.90 Å². The van der Waals surface area contributed by atoms with Crippen LogP contribution < -0.4 is 4.74 Å². The lowest BCUT2D eigenvalue weighted by Crippen LogP contribution is -2.25. The Kier molecular flexibility index (Phi) is 4.42. The summed E-state index contributed by atoms with van der Waals surface area (Å²) in [6.45, 7) is 2.26. The second-order valence-electron chi connectivity index (χ2n) is 6.11. The number of halogens is 1. The van der Waals surface area contributed by atoms with E-state index in [0.717, 1.165) is 16.0 Å². The van der Waals surface area contributed by atoms with Gasteiger partial charge >= 0.3 is 0 Å². The first kappa shape index (κ1) is 16.1. The Bertz CT molecular complexity index is 879. The summed E-state index contributed by atoms with van der Waals surface area (Å²) in [6.07, 6.45) is 0. The molecule has 0 spiro atoms. The summed E-state index contributed by atoms with van der Waals surface area (Å²) in [5.74, 6) is 0.507. The Morgan fingerprint density at radius 2 is 2.04 bits per heavy atom. The lowest BCUT2D eigenvalue weighted by Gasteiger charge is -2.20. The molecule has 0 fully saturated rings. The molecule has 0 radical (unpaired) electrons. The fraction of sp³-hybridized carbons (Fsp3) is 0.200. The molecule has 0 bridgehead atoms. The number of thiophene rings is 1. The van der Waals surface area contributed by atoms with Crippen LogP contribution in [0.1, 0.15) is 11.1 Å². The fourth-order valence-corrected chi connectivity index (χ4v) is 3.86. The van der Waals surface area contributed by atoms with E-state index in [1.807, 2.05) is 29.6 Å². The minimum absolute atomic E-state index is 0.161. The van der Waals surface area contributed by atoms with Gasteiger partial charge in [0.1, 0.15) is 12.4 Å². The van der Waals surface area contributed by atoms with E-state index in [1.54, 1.807) is 23.5 Å². The Hall–Kier alpha value is -2.37.